The Balaban J connectivity index is 2.23. The van der Waals surface area contributed by atoms with Gasteiger partial charge in [0.25, 0.3) is 11.5 Å². The van der Waals surface area contributed by atoms with E-state index in [4.69, 9.17) is 5.73 Å². The molecule has 0 aliphatic rings. The molecule has 2 aromatic rings. The predicted octanol–water partition coefficient (Wildman–Crippen LogP) is -0.759. The zero-order valence-corrected chi connectivity index (χ0v) is 13.8. The summed E-state index contributed by atoms with van der Waals surface area (Å²) in [6.45, 7) is 3.96. The SMILES string of the molecule is COC(=O)Cc1cc(=O)[nH]c([NH+]=C(N)Nc2ccc(C)cc2C)n1. The Bertz CT molecular complexity index is 842. The van der Waals surface area contributed by atoms with Gasteiger partial charge in [0.05, 0.1) is 19.2 Å². The Morgan fingerprint density at radius 1 is 1.38 bits per heavy atom. The first-order chi connectivity index (χ1) is 11.4. The number of nitrogens with zero attached hydrogens (tertiary/aromatic N) is 1. The highest BCUT2D eigenvalue weighted by molar-refractivity contribution is 5.89. The number of H-pyrrole nitrogens is 1. The monoisotopic (exact) mass is 330 g/mol. The van der Waals surface area contributed by atoms with E-state index in [1.54, 1.807) is 0 Å². The third-order valence-corrected chi connectivity index (χ3v) is 3.25. The van der Waals surface area contributed by atoms with Crippen LogP contribution in [0.2, 0.25) is 0 Å². The molecule has 0 saturated carbocycles. The van der Waals surface area contributed by atoms with Crippen LogP contribution in [0.5, 0.6) is 0 Å². The topological polar surface area (TPSA) is 124 Å². The van der Waals surface area contributed by atoms with Gasteiger partial charge in [0, 0.05) is 6.07 Å². The average molecular weight is 330 g/mol. The maximum absolute atomic E-state index is 11.7. The fourth-order valence-electron chi connectivity index (χ4n) is 2.14. The Morgan fingerprint density at radius 3 is 2.79 bits per heavy atom. The molecule has 0 radical (unpaired) electrons. The fraction of sp³-hybridized carbons (Fsp3) is 0.250. The molecule has 126 valence electrons. The molecule has 0 aliphatic heterocycles. The third kappa shape index (κ3) is 4.67. The summed E-state index contributed by atoms with van der Waals surface area (Å²) in [5.74, 6) is -0.152. The number of methoxy groups -OCH3 is 1. The molecule has 0 saturated heterocycles. The molecule has 24 heavy (non-hydrogen) atoms. The van der Waals surface area contributed by atoms with Crippen LogP contribution in [0.25, 0.3) is 0 Å². The Hall–Kier alpha value is -3.16. The van der Waals surface area contributed by atoms with E-state index in [0.29, 0.717) is 0 Å². The van der Waals surface area contributed by atoms with E-state index < -0.39 is 11.5 Å². The van der Waals surface area contributed by atoms with Crippen LogP contribution in [-0.4, -0.2) is 29.0 Å². The number of anilines is 1. The number of aryl methyl sites for hydroxylation is 2. The van der Waals surface area contributed by atoms with Gasteiger partial charge in [-0.05, 0) is 25.5 Å². The number of nitrogens with two attached hydrogens (primary N) is 1. The summed E-state index contributed by atoms with van der Waals surface area (Å²) >= 11 is 0. The molecule has 2 rings (SSSR count). The van der Waals surface area contributed by atoms with Crippen LogP contribution in [0.3, 0.4) is 0 Å². The van der Waals surface area contributed by atoms with Gasteiger partial charge in [-0.3, -0.25) is 14.9 Å². The van der Waals surface area contributed by atoms with E-state index in [1.165, 1.54) is 13.2 Å². The minimum absolute atomic E-state index is 0.0977. The predicted molar refractivity (Wildman–Crippen MR) is 89.9 cm³/mol. The number of guanidine groups is 1. The molecular weight excluding hydrogens is 310 g/mol. The van der Waals surface area contributed by atoms with E-state index in [0.717, 1.165) is 16.8 Å². The van der Waals surface area contributed by atoms with Gasteiger partial charge in [-0.1, -0.05) is 17.7 Å². The molecule has 0 bridgehead atoms. The first kappa shape index (κ1) is 17.2. The van der Waals surface area contributed by atoms with Crippen molar-refractivity contribution < 1.29 is 14.5 Å². The van der Waals surface area contributed by atoms with Gasteiger partial charge in [-0.2, -0.15) is 0 Å². The normalized spacial score (nSPS) is 11.2. The number of esters is 1. The largest absolute Gasteiger partial charge is 0.469 e. The molecule has 0 atom stereocenters. The van der Waals surface area contributed by atoms with Crippen molar-refractivity contribution in [2.45, 2.75) is 20.3 Å². The van der Waals surface area contributed by atoms with Gasteiger partial charge in [0.1, 0.15) is 5.69 Å². The molecule has 0 aliphatic carbocycles. The molecule has 8 heteroatoms. The van der Waals surface area contributed by atoms with Crippen molar-refractivity contribution in [3.8, 4) is 0 Å². The Kier molecular flexibility index (Phi) is 5.31. The first-order valence-electron chi connectivity index (χ1n) is 7.28. The van der Waals surface area contributed by atoms with Crippen LogP contribution in [-0.2, 0) is 16.0 Å². The minimum Gasteiger partial charge on any atom is -0.469 e. The fourth-order valence-corrected chi connectivity index (χ4v) is 2.14. The highest BCUT2D eigenvalue weighted by atomic mass is 16.5. The Morgan fingerprint density at radius 2 is 2.12 bits per heavy atom. The number of nitrogens with one attached hydrogen (secondary N) is 3. The van der Waals surface area contributed by atoms with Crippen molar-refractivity contribution in [2.75, 3.05) is 12.4 Å². The van der Waals surface area contributed by atoms with Gasteiger partial charge in [-0.25, -0.2) is 9.98 Å². The number of carbonyl (C=O) groups excluding carboxylic acids is 1. The van der Waals surface area contributed by atoms with Crippen LogP contribution < -0.4 is 21.6 Å². The van der Waals surface area contributed by atoms with E-state index in [2.05, 4.69) is 25.0 Å². The van der Waals surface area contributed by atoms with Crippen LogP contribution in [0.4, 0.5) is 11.6 Å². The maximum atomic E-state index is 11.7. The highest BCUT2D eigenvalue weighted by Crippen LogP contribution is 2.14. The van der Waals surface area contributed by atoms with Crippen molar-refractivity contribution in [3.05, 3.63) is 51.4 Å². The van der Waals surface area contributed by atoms with Gasteiger partial charge in [-0.15, -0.1) is 4.98 Å². The molecule has 5 N–H and O–H groups in total. The standard InChI is InChI=1S/C16H19N5O3/c1-9-4-5-12(10(2)6-9)19-15(17)21-16-18-11(7-13(22)20-16)8-14(23)24-3/h4-7H,8H2,1-3H3,(H4,17,18,19,20,21,22)/p+1. The van der Waals surface area contributed by atoms with Gasteiger partial charge < -0.3 is 10.5 Å². The van der Waals surface area contributed by atoms with E-state index in [1.807, 2.05) is 32.0 Å². The number of aromatic amines is 1. The first-order valence-corrected chi connectivity index (χ1v) is 7.28. The van der Waals surface area contributed by atoms with Crippen molar-refractivity contribution in [2.24, 2.45) is 5.73 Å². The van der Waals surface area contributed by atoms with Crippen LogP contribution in [0, 0.1) is 13.8 Å². The zero-order valence-electron chi connectivity index (χ0n) is 13.8. The van der Waals surface area contributed by atoms with Crippen molar-refractivity contribution >= 4 is 23.6 Å². The summed E-state index contributed by atoms with van der Waals surface area (Å²) in [6.07, 6.45) is -0.0977. The summed E-state index contributed by atoms with van der Waals surface area (Å²) in [7, 11) is 1.27. The second-order valence-corrected chi connectivity index (χ2v) is 5.32. The molecule has 1 heterocycles. The molecule has 0 unspecified atom stereocenters. The van der Waals surface area contributed by atoms with Crippen molar-refractivity contribution in [3.63, 3.8) is 0 Å². The van der Waals surface area contributed by atoms with Crippen LogP contribution in [0.15, 0.2) is 29.1 Å². The second-order valence-electron chi connectivity index (χ2n) is 5.32. The summed E-state index contributed by atoms with van der Waals surface area (Å²) in [6, 6.07) is 7.12. The minimum atomic E-state index is -0.482. The highest BCUT2D eigenvalue weighted by Gasteiger charge is 2.11. The van der Waals surface area contributed by atoms with E-state index >= 15 is 0 Å². The number of hydrogen-bond donors (Lipinski definition) is 4. The van der Waals surface area contributed by atoms with E-state index in [9.17, 15) is 9.59 Å². The smallest absolute Gasteiger partial charge is 0.325 e. The van der Waals surface area contributed by atoms with Crippen LogP contribution >= 0.6 is 0 Å². The molecule has 1 aromatic heterocycles. The van der Waals surface area contributed by atoms with Crippen molar-refractivity contribution in [1.29, 1.82) is 0 Å². The summed E-state index contributed by atoms with van der Waals surface area (Å²) in [4.78, 5) is 32.4. The number of hydrogen-bond acceptors (Lipinski definition) is 4. The lowest BCUT2D eigenvalue weighted by Crippen LogP contribution is -2.73. The maximum Gasteiger partial charge on any atom is 0.325 e. The quantitative estimate of drug-likeness (QED) is 0.332. The lowest BCUT2D eigenvalue weighted by atomic mass is 10.1. The number of carbonyl (C=O) groups is 1. The average Bonchev–Trinajstić information content (AvgIpc) is 2.49. The van der Waals surface area contributed by atoms with Gasteiger partial charge in [0.2, 0.25) is 0 Å². The van der Waals surface area contributed by atoms with Gasteiger partial charge >= 0.3 is 11.9 Å². The summed E-state index contributed by atoms with van der Waals surface area (Å²) < 4.78 is 4.56. The Labute approximate surface area is 138 Å². The number of ether oxygens (including phenoxy) is 1. The molecular formula is C16H20N5O3+. The molecule has 8 nitrogen and oxygen atoms in total. The van der Waals surface area contributed by atoms with Crippen LogP contribution in [0.1, 0.15) is 16.8 Å². The molecule has 1 aromatic carbocycles. The molecule has 0 fully saturated rings. The number of rotatable bonds is 4. The molecule has 0 spiro atoms. The molecule has 0 amide bonds. The second kappa shape index (κ2) is 7.40. The van der Waals surface area contributed by atoms with Gasteiger partial charge in [0.15, 0.2) is 0 Å². The lowest BCUT2D eigenvalue weighted by Gasteiger charge is -2.06. The zero-order chi connectivity index (χ0) is 17.7. The summed E-state index contributed by atoms with van der Waals surface area (Å²) in [5.41, 5.74) is 8.81. The number of benzene rings is 1. The third-order valence-electron chi connectivity index (χ3n) is 3.25. The van der Waals surface area contributed by atoms with Crippen molar-refractivity contribution in [1.82, 2.24) is 9.97 Å². The summed E-state index contributed by atoms with van der Waals surface area (Å²) in [5, 5.41) is 3.01. The lowest BCUT2D eigenvalue weighted by molar-refractivity contribution is -0.365. The number of aromatic nitrogens is 2. The van der Waals surface area contributed by atoms with E-state index in [-0.39, 0.29) is 24.0 Å².